The van der Waals surface area contributed by atoms with Crippen LogP contribution in [0, 0.1) is 12.3 Å². The Hall–Kier alpha value is -2.70. The van der Waals surface area contributed by atoms with Gasteiger partial charge in [-0.3, -0.25) is 14.4 Å². The molecule has 7 nitrogen and oxygen atoms in total. The lowest BCUT2D eigenvalue weighted by Crippen LogP contribution is -2.50. The molecule has 2 aliphatic rings. The van der Waals surface area contributed by atoms with Crippen LogP contribution in [0.1, 0.15) is 38.3 Å². The average Bonchev–Trinajstić information content (AvgIpc) is 3.15. The fourth-order valence-electron chi connectivity index (χ4n) is 4.84. The normalized spacial score (nSPS) is 22.1. The number of aromatic nitrogens is 2. The number of amides is 2. The Morgan fingerprint density at radius 2 is 1.90 bits per heavy atom. The zero-order valence-corrected chi connectivity index (χ0v) is 17.2. The van der Waals surface area contributed by atoms with Gasteiger partial charge in [0.05, 0.1) is 16.5 Å². The van der Waals surface area contributed by atoms with E-state index in [4.69, 9.17) is 0 Å². The molecule has 1 aromatic carbocycles. The summed E-state index contributed by atoms with van der Waals surface area (Å²) in [6.45, 7) is 6.44. The fourth-order valence-corrected chi connectivity index (χ4v) is 4.84. The maximum absolute atomic E-state index is 13.0. The zero-order chi connectivity index (χ0) is 20.6. The second kappa shape index (κ2) is 7.61. The van der Waals surface area contributed by atoms with E-state index in [-0.39, 0.29) is 23.9 Å². The number of nitrogens with zero attached hydrogens (tertiary/aromatic N) is 4. The molecule has 2 aromatic rings. The minimum Gasteiger partial charge on any atom is -0.342 e. The maximum Gasteiger partial charge on any atom is 0.275 e. The van der Waals surface area contributed by atoms with Gasteiger partial charge >= 0.3 is 0 Å². The van der Waals surface area contributed by atoms with E-state index in [2.05, 4.69) is 12.0 Å². The first-order valence-corrected chi connectivity index (χ1v) is 10.5. The van der Waals surface area contributed by atoms with Crippen LogP contribution in [0.25, 0.3) is 10.8 Å². The second-order valence-electron chi connectivity index (χ2n) is 8.34. The third kappa shape index (κ3) is 3.43. The fraction of sp³-hybridized carbons (Fsp3) is 0.545. The molecule has 0 saturated carbocycles. The van der Waals surface area contributed by atoms with E-state index in [9.17, 15) is 14.4 Å². The Labute approximate surface area is 170 Å². The zero-order valence-electron chi connectivity index (χ0n) is 17.2. The number of likely N-dealkylation sites (tertiary alicyclic amines) is 2. The van der Waals surface area contributed by atoms with Gasteiger partial charge in [0.25, 0.3) is 5.56 Å². The first-order chi connectivity index (χ1) is 13.9. The summed E-state index contributed by atoms with van der Waals surface area (Å²) in [5.74, 6) is 0.0457. The summed E-state index contributed by atoms with van der Waals surface area (Å²) in [4.78, 5) is 42.4. The number of hydrogen-bond donors (Lipinski definition) is 0. The molecule has 2 aliphatic heterocycles. The molecular formula is C22H28N4O3. The summed E-state index contributed by atoms with van der Waals surface area (Å²) in [6.07, 6.45) is 3.47. The van der Waals surface area contributed by atoms with E-state index in [1.165, 1.54) is 4.68 Å². The monoisotopic (exact) mass is 396 g/mol. The van der Waals surface area contributed by atoms with Gasteiger partial charge in [-0.05, 0) is 38.7 Å². The Balaban J connectivity index is 1.52. The van der Waals surface area contributed by atoms with Crippen LogP contribution in [0.15, 0.2) is 29.1 Å². The van der Waals surface area contributed by atoms with Crippen LogP contribution in [0.3, 0.4) is 0 Å². The van der Waals surface area contributed by atoms with Crippen LogP contribution in [-0.2, 0) is 16.1 Å². The van der Waals surface area contributed by atoms with Gasteiger partial charge < -0.3 is 9.80 Å². The predicted octanol–water partition coefficient (Wildman–Crippen LogP) is 1.96. The summed E-state index contributed by atoms with van der Waals surface area (Å²) >= 11 is 0. The molecule has 0 bridgehead atoms. The van der Waals surface area contributed by atoms with Gasteiger partial charge in [0.2, 0.25) is 11.8 Å². The lowest BCUT2D eigenvalue weighted by atomic mass is 9.78. The van der Waals surface area contributed by atoms with E-state index in [0.29, 0.717) is 24.9 Å². The maximum atomic E-state index is 13.0. The summed E-state index contributed by atoms with van der Waals surface area (Å²) < 4.78 is 1.26. The van der Waals surface area contributed by atoms with Crippen molar-refractivity contribution in [3.05, 3.63) is 40.3 Å². The van der Waals surface area contributed by atoms with E-state index >= 15 is 0 Å². The van der Waals surface area contributed by atoms with Crippen molar-refractivity contribution in [3.8, 4) is 0 Å². The van der Waals surface area contributed by atoms with Gasteiger partial charge in [-0.1, -0.05) is 25.1 Å². The number of piperidine rings is 1. The van der Waals surface area contributed by atoms with E-state index in [0.717, 1.165) is 43.4 Å². The Morgan fingerprint density at radius 3 is 2.66 bits per heavy atom. The summed E-state index contributed by atoms with van der Waals surface area (Å²) in [7, 11) is 0. The molecule has 0 aliphatic carbocycles. The molecule has 2 fully saturated rings. The van der Waals surface area contributed by atoms with Crippen molar-refractivity contribution < 1.29 is 9.59 Å². The van der Waals surface area contributed by atoms with Gasteiger partial charge in [-0.2, -0.15) is 5.10 Å². The van der Waals surface area contributed by atoms with E-state index in [1.54, 1.807) is 11.0 Å². The minimum atomic E-state index is -0.444. The van der Waals surface area contributed by atoms with Crippen LogP contribution >= 0.6 is 0 Å². The molecule has 154 valence electrons. The number of rotatable bonds is 4. The number of aryl methyl sites for hydroxylation is 1. The number of benzene rings is 1. The smallest absolute Gasteiger partial charge is 0.275 e. The molecule has 2 saturated heterocycles. The van der Waals surface area contributed by atoms with Crippen molar-refractivity contribution in [2.75, 3.05) is 26.2 Å². The van der Waals surface area contributed by atoms with Crippen LogP contribution in [0.4, 0.5) is 0 Å². The minimum absolute atomic E-state index is 0.0898. The molecule has 7 heteroatoms. The molecule has 4 rings (SSSR count). The lowest BCUT2D eigenvalue weighted by molar-refractivity contribution is -0.146. The summed E-state index contributed by atoms with van der Waals surface area (Å²) in [5, 5.41) is 5.73. The molecule has 0 N–H and O–H groups in total. The van der Waals surface area contributed by atoms with Crippen molar-refractivity contribution in [2.45, 2.75) is 46.1 Å². The third-order valence-corrected chi connectivity index (χ3v) is 6.36. The van der Waals surface area contributed by atoms with Gasteiger partial charge in [0.15, 0.2) is 0 Å². The van der Waals surface area contributed by atoms with Crippen LogP contribution < -0.4 is 5.56 Å². The Kier molecular flexibility index (Phi) is 5.15. The summed E-state index contributed by atoms with van der Waals surface area (Å²) in [6, 6.07) is 7.32. The Morgan fingerprint density at radius 1 is 1.14 bits per heavy atom. The van der Waals surface area contributed by atoms with Crippen molar-refractivity contribution >= 4 is 22.6 Å². The molecular weight excluding hydrogens is 368 g/mol. The van der Waals surface area contributed by atoms with Crippen LogP contribution in [0.5, 0.6) is 0 Å². The van der Waals surface area contributed by atoms with Crippen molar-refractivity contribution in [1.82, 2.24) is 19.6 Å². The lowest BCUT2D eigenvalue weighted by Gasteiger charge is -2.39. The first kappa shape index (κ1) is 19.6. The van der Waals surface area contributed by atoms with Crippen molar-refractivity contribution in [2.24, 2.45) is 5.41 Å². The predicted molar refractivity (Wildman–Crippen MR) is 110 cm³/mol. The topological polar surface area (TPSA) is 75.5 Å². The van der Waals surface area contributed by atoms with Gasteiger partial charge in [-0.15, -0.1) is 0 Å². The highest BCUT2D eigenvalue weighted by atomic mass is 16.2. The highest BCUT2D eigenvalue weighted by molar-refractivity contribution is 5.86. The molecule has 1 aromatic heterocycles. The summed E-state index contributed by atoms with van der Waals surface area (Å²) in [5.41, 5.74) is 0.0284. The van der Waals surface area contributed by atoms with Crippen molar-refractivity contribution in [3.63, 3.8) is 0 Å². The Bertz CT molecular complexity index is 1010. The number of fused-ring (bicyclic) bond motifs is 1. The highest BCUT2D eigenvalue weighted by Crippen LogP contribution is 2.40. The van der Waals surface area contributed by atoms with Crippen LogP contribution in [0.2, 0.25) is 0 Å². The molecule has 3 heterocycles. The highest BCUT2D eigenvalue weighted by Gasteiger charge is 2.49. The van der Waals surface area contributed by atoms with Crippen molar-refractivity contribution in [1.29, 1.82) is 0 Å². The molecule has 29 heavy (non-hydrogen) atoms. The van der Waals surface area contributed by atoms with Gasteiger partial charge in [0, 0.05) is 31.6 Å². The SMILES string of the molecule is CCCN1CCC[C@]2(CCN(C(=O)Cn3nc(C)c4ccccc4c3=O)C2)C1=O. The van der Waals surface area contributed by atoms with Gasteiger partial charge in [0.1, 0.15) is 6.54 Å². The number of hydrogen-bond acceptors (Lipinski definition) is 4. The van der Waals surface area contributed by atoms with Crippen LogP contribution in [-0.4, -0.2) is 57.6 Å². The first-order valence-electron chi connectivity index (χ1n) is 10.5. The third-order valence-electron chi connectivity index (χ3n) is 6.36. The quantitative estimate of drug-likeness (QED) is 0.792. The average molecular weight is 396 g/mol. The molecule has 0 unspecified atom stereocenters. The molecule has 1 atom stereocenters. The number of carbonyl (C=O) groups is 2. The molecule has 0 radical (unpaired) electrons. The second-order valence-corrected chi connectivity index (χ2v) is 8.34. The number of carbonyl (C=O) groups excluding carboxylic acids is 2. The van der Waals surface area contributed by atoms with Gasteiger partial charge in [-0.25, -0.2) is 4.68 Å². The van der Waals surface area contributed by atoms with E-state index in [1.807, 2.05) is 30.0 Å². The molecule has 1 spiro atoms. The standard InChI is InChI=1S/C22H28N4O3/c1-3-11-24-12-6-9-22(21(24)29)10-13-25(15-22)19(27)14-26-20(28)18-8-5-4-7-17(18)16(2)23-26/h4-5,7-8H,3,6,9-15H2,1-2H3/t22-/m1/s1. The largest absolute Gasteiger partial charge is 0.342 e. The molecule has 2 amide bonds. The van der Waals surface area contributed by atoms with E-state index < -0.39 is 5.41 Å².